The van der Waals surface area contributed by atoms with Gasteiger partial charge in [0.2, 0.25) is 5.91 Å². The van der Waals surface area contributed by atoms with Crippen molar-refractivity contribution in [3.8, 4) is 0 Å². The molecule has 0 bridgehead atoms. The first kappa shape index (κ1) is 20.4. The molecule has 1 atom stereocenters. The zero-order chi connectivity index (χ0) is 21.9. The van der Waals surface area contributed by atoms with Gasteiger partial charge in [-0.1, -0.05) is 24.3 Å². The number of anilines is 2. The second-order valence-electron chi connectivity index (χ2n) is 8.48. The number of hydrogen-bond donors (Lipinski definition) is 1. The van der Waals surface area contributed by atoms with E-state index in [9.17, 15) is 9.59 Å². The van der Waals surface area contributed by atoms with Crippen LogP contribution in [0.5, 0.6) is 0 Å². The van der Waals surface area contributed by atoms with Gasteiger partial charge in [0.05, 0.1) is 6.26 Å². The molecule has 1 unspecified atom stereocenters. The zero-order valence-electron chi connectivity index (χ0n) is 18.0. The minimum absolute atomic E-state index is 0.190. The summed E-state index contributed by atoms with van der Waals surface area (Å²) in [5.74, 6) is -0.219. The molecule has 6 heteroatoms. The second-order valence-corrected chi connectivity index (χ2v) is 8.48. The molecule has 1 fully saturated rings. The first-order valence-corrected chi connectivity index (χ1v) is 11.3. The summed E-state index contributed by atoms with van der Waals surface area (Å²) in [5.41, 5.74) is 4.07. The first-order valence-electron chi connectivity index (χ1n) is 11.3. The van der Waals surface area contributed by atoms with Crippen molar-refractivity contribution in [2.45, 2.75) is 38.3 Å². The van der Waals surface area contributed by atoms with Crippen molar-refractivity contribution < 1.29 is 14.0 Å². The van der Waals surface area contributed by atoms with Gasteiger partial charge in [-0.3, -0.25) is 9.59 Å². The number of fused-ring (bicyclic) bond motifs is 1. The topological polar surface area (TPSA) is 65.8 Å². The summed E-state index contributed by atoms with van der Waals surface area (Å²) in [6.45, 7) is 2.54. The molecular formula is C26H27N3O3. The number of nitrogens with zero attached hydrogens (tertiary/aromatic N) is 2. The van der Waals surface area contributed by atoms with Gasteiger partial charge in [-0.15, -0.1) is 0 Å². The van der Waals surface area contributed by atoms with Crippen molar-refractivity contribution in [3.05, 3.63) is 83.8 Å². The summed E-state index contributed by atoms with van der Waals surface area (Å²) in [4.78, 5) is 30.4. The van der Waals surface area contributed by atoms with E-state index in [0.29, 0.717) is 13.0 Å². The molecule has 2 amide bonds. The predicted molar refractivity (Wildman–Crippen MR) is 124 cm³/mol. The molecule has 32 heavy (non-hydrogen) atoms. The summed E-state index contributed by atoms with van der Waals surface area (Å²) in [6, 6.07) is 18.7. The predicted octanol–water partition coefficient (Wildman–Crippen LogP) is 4.48. The number of hydrogen-bond acceptors (Lipinski definition) is 4. The number of piperidine rings is 1. The third-order valence-corrected chi connectivity index (χ3v) is 6.40. The summed E-state index contributed by atoms with van der Waals surface area (Å²) in [7, 11) is 0. The number of rotatable bonds is 4. The molecule has 0 radical (unpaired) electrons. The minimum Gasteiger partial charge on any atom is -0.459 e. The summed E-state index contributed by atoms with van der Waals surface area (Å²) in [5, 5.41) is 3.02. The van der Waals surface area contributed by atoms with E-state index in [2.05, 4.69) is 22.3 Å². The van der Waals surface area contributed by atoms with Crippen LogP contribution in [-0.4, -0.2) is 35.8 Å². The normalized spacial score (nSPS) is 18.2. The Labute approximate surface area is 187 Å². The van der Waals surface area contributed by atoms with Crippen LogP contribution in [0, 0.1) is 0 Å². The SMILES string of the molecule is O=C(Nc1ccc(N2CCCCC2)cc1)C1Cc2ccccc2CN1C(=O)c1ccco1. The fraction of sp³-hybridized carbons (Fsp3) is 0.308. The standard InChI is InChI=1S/C26H27N3O3/c30-25(27-21-10-12-22(13-11-21)28-14-4-1-5-15-28)23-17-19-7-2-3-8-20(19)18-29(23)26(31)24-9-6-16-32-24/h2-3,6-13,16,23H,1,4-5,14-15,17-18H2,(H,27,30). The molecule has 1 saturated heterocycles. The number of carbonyl (C=O) groups excluding carboxylic acids is 2. The van der Waals surface area contributed by atoms with E-state index < -0.39 is 6.04 Å². The van der Waals surface area contributed by atoms with Gasteiger partial charge in [0.25, 0.3) is 5.91 Å². The lowest BCUT2D eigenvalue weighted by molar-refractivity contribution is -0.121. The van der Waals surface area contributed by atoms with Crippen LogP contribution in [0.4, 0.5) is 11.4 Å². The van der Waals surface area contributed by atoms with Crippen LogP contribution >= 0.6 is 0 Å². The molecule has 1 aromatic heterocycles. The average molecular weight is 430 g/mol. The van der Waals surface area contributed by atoms with Gasteiger partial charge in [0, 0.05) is 37.4 Å². The molecule has 3 heterocycles. The van der Waals surface area contributed by atoms with Gasteiger partial charge in [-0.25, -0.2) is 0 Å². The maximum absolute atomic E-state index is 13.3. The Hall–Kier alpha value is -3.54. The highest BCUT2D eigenvalue weighted by atomic mass is 16.3. The quantitative estimate of drug-likeness (QED) is 0.664. The molecule has 2 aromatic carbocycles. The van der Waals surface area contributed by atoms with E-state index in [1.165, 1.54) is 31.2 Å². The molecule has 1 N–H and O–H groups in total. The molecule has 2 aliphatic heterocycles. The van der Waals surface area contributed by atoms with E-state index in [-0.39, 0.29) is 17.6 Å². The molecule has 3 aromatic rings. The van der Waals surface area contributed by atoms with Gasteiger partial charge in [0.15, 0.2) is 5.76 Å². The van der Waals surface area contributed by atoms with Crippen LogP contribution < -0.4 is 10.2 Å². The van der Waals surface area contributed by atoms with Gasteiger partial charge >= 0.3 is 0 Å². The number of benzene rings is 2. The summed E-state index contributed by atoms with van der Waals surface area (Å²) >= 11 is 0. The van der Waals surface area contributed by atoms with Gasteiger partial charge in [-0.2, -0.15) is 0 Å². The molecular weight excluding hydrogens is 402 g/mol. The second kappa shape index (κ2) is 8.91. The Morgan fingerprint density at radius 3 is 2.34 bits per heavy atom. The van der Waals surface area contributed by atoms with Crippen LogP contribution in [0.2, 0.25) is 0 Å². The van der Waals surface area contributed by atoms with Crippen LogP contribution in [-0.2, 0) is 17.8 Å². The average Bonchev–Trinajstić information content (AvgIpc) is 3.39. The largest absolute Gasteiger partial charge is 0.459 e. The number of amides is 2. The van der Waals surface area contributed by atoms with E-state index in [0.717, 1.165) is 29.9 Å². The fourth-order valence-electron chi connectivity index (χ4n) is 4.65. The van der Waals surface area contributed by atoms with Crippen molar-refractivity contribution in [2.75, 3.05) is 23.3 Å². The lowest BCUT2D eigenvalue weighted by Gasteiger charge is -2.35. The van der Waals surface area contributed by atoms with Crippen LogP contribution in [0.3, 0.4) is 0 Å². The fourth-order valence-corrected chi connectivity index (χ4v) is 4.65. The highest BCUT2D eigenvalue weighted by Gasteiger charge is 2.36. The highest BCUT2D eigenvalue weighted by Crippen LogP contribution is 2.27. The van der Waals surface area contributed by atoms with E-state index in [4.69, 9.17) is 4.42 Å². The third kappa shape index (κ3) is 4.13. The minimum atomic E-state index is -0.607. The maximum atomic E-state index is 13.3. The number of nitrogens with one attached hydrogen (secondary N) is 1. The van der Waals surface area contributed by atoms with Gasteiger partial charge in [0.1, 0.15) is 6.04 Å². The molecule has 2 aliphatic rings. The van der Waals surface area contributed by atoms with Crippen LogP contribution in [0.1, 0.15) is 40.9 Å². The molecule has 0 saturated carbocycles. The number of carbonyl (C=O) groups is 2. The molecule has 164 valence electrons. The Bertz CT molecular complexity index is 1090. The van der Waals surface area contributed by atoms with Crippen molar-refractivity contribution in [2.24, 2.45) is 0 Å². The lowest BCUT2D eigenvalue weighted by Crippen LogP contribution is -2.50. The Morgan fingerprint density at radius 1 is 0.875 bits per heavy atom. The number of furan rings is 1. The van der Waals surface area contributed by atoms with E-state index in [1.807, 2.05) is 36.4 Å². The zero-order valence-corrected chi connectivity index (χ0v) is 18.0. The van der Waals surface area contributed by atoms with Crippen molar-refractivity contribution in [1.82, 2.24) is 4.90 Å². The first-order chi connectivity index (χ1) is 15.7. The van der Waals surface area contributed by atoms with E-state index in [1.54, 1.807) is 17.0 Å². The van der Waals surface area contributed by atoms with Gasteiger partial charge < -0.3 is 19.5 Å². The van der Waals surface area contributed by atoms with Gasteiger partial charge in [-0.05, 0) is 66.8 Å². The molecule has 6 nitrogen and oxygen atoms in total. The van der Waals surface area contributed by atoms with Crippen molar-refractivity contribution in [1.29, 1.82) is 0 Å². The summed E-state index contributed by atoms with van der Waals surface area (Å²) < 4.78 is 5.33. The Kier molecular flexibility index (Phi) is 5.67. The van der Waals surface area contributed by atoms with Crippen LogP contribution in [0.25, 0.3) is 0 Å². The smallest absolute Gasteiger partial charge is 0.290 e. The third-order valence-electron chi connectivity index (χ3n) is 6.40. The highest BCUT2D eigenvalue weighted by molar-refractivity contribution is 6.00. The maximum Gasteiger partial charge on any atom is 0.290 e. The molecule has 0 spiro atoms. The molecule has 5 rings (SSSR count). The van der Waals surface area contributed by atoms with Crippen molar-refractivity contribution in [3.63, 3.8) is 0 Å². The monoisotopic (exact) mass is 429 g/mol. The van der Waals surface area contributed by atoms with E-state index >= 15 is 0 Å². The summed E-state index contributed by atoms with van der Waals surface area (Å²) in [6.07, 6.45) is 5.69. The van der Waals surface area contributed by atoms with Crippen molar-refractivity contribution >= 4 is 23.2 Å². The lowest BCUT2D eigenvalue weighted by atomic mass is 9.93. The van der Waals surface area contributed by atoms with Crippen LogP contribution in [0.15, 0.2) is 71.3 Å². The Morgan fingerprint density at radius 2 is 1.62 bits per heavy atom. The molecule has 0 aliphatic carbocycles. The Balaban J connectivity index is 1.35.